The second-order valence-corrected chi connectivity index (χ2v) is 9.52. The van der Waals surface area contributed by atoms with Crippen molar-refractivity contribution >= 4 is 17.2 Å². The quantitative estimate of drug-likeness (QED) is 0.633. The summed E-state index contributed by atoms with van der Waals surface area (Å²) in [5.41, 5.74) is 4.48. The van der Waals surface area contributed by atoms with Crippen molar-refractivity contribution < 1.29 is 0 Å². The van der Waals surface area contributed by atoms with Crippen molar-refractivity contribution in [3.8, 4) is 0 Å². The first kappa shape index (κ1) is 19.5. The van der Waals surface area contributed by atoms with Gasteiger partial charge in [0.25, 0.3) is 5.56 Å². The van der Waals surface area contributed by atoms with Gasteiger partial charge in [-0.25, -0.2) is 0 Å². The Bertz CT molecular complexity index is 1080. The molecule has 5 heterocycles. The van der Waals surface area contributed by atoms with Gasteiger partial charge in [-0.2, -0.15) is 16.4 Å². The van der Waals surface area contributed by atoms with E-state index in [4.69, 9.17) is 0 Å². The number of aryl methyl sites for hydroxylation is 1. The molecule has 0 N–H and O–H groups in total. The molecule has 0 radical (unpaired) electrons. The van der Waals surface area contributed by atoms with Gasteiger partial charge in [-0.05, 0) is 66.9 Å². The molecule has 6 nitrogen and oxygen atoms in total. The van der Waals surface area contributed by atoms with Gasteiger partial charge in [0.2, 0.25) is 0 Å². The number of fused-ring (bicyclic) bond motifs is 4. The molecular weight excluding hydrogens is 394 g/mol. The molecule has 7 heteroatoms. The number of rotatable bonds is 5. The maximum Gasteiger partial charge on any atom is 0.255 e. The molecule has 2 aliphatic rings. The van der Waals surface area contributed by atoms with Gasteiger partial charge in [0.1, 0.15) is 0 Å². The SMILES string of the molecule is Cc1ccc(N2C[C@@H]3C[C@H](C2)c2ccc(CN(C)Cc4ccsc4)c(=O)n2C3)nn1. The van der Waals surface area contributed by atoms with E-state index in [0.29, 0.717) is 18.4 Å². The van der Waals surface area contributed by atoms with Crippen molar-refractivity contribution in [3.63, 3.8) is 0 Å². The second kappa shape index (κ2) is 7.96. The van der Waals surface area contributed by atoms with Gasteiger partial charge in [-0.1, -0.05) is 6.07 Å². The van der Waals surface area contributed by atoms with E-state index < -0.39 is 0 Å². The first-order chi connectivity index (χ1) is 14.6. The van der Waals surface area contributed by atoms with E-state index in [1.165, 1.54) is 11.3 Å². The molecule has 0 aliphatic carbocycles. The number of nitrogens with zero attached hydrogens (tertiary/aromatic N) is 5. The van der Waals surface area contributed by atoms with E-state index in [1.54, 1.807) is 11.3 Å². The molecule has 0 saturated carbocycles. The van der Waals surface area contributed by atoms with Crippen LogP contribution in [0, 0.1) is 12.8 Å². The first-order valence-electron chi connectivity index (χ1n) is 10.5. The maximum absolute atomic E-state index is 13.3. The molecule has 0 unspecified atom stereocenters. The van der Waals surface area contributed by atoms with Crippen molar-refractivity contribution in [2.45, 2.75) is 38.9 Å². The second-order valence-electron chi connectivity index (χ2n) is 8.74. The number of hydrogen-bond acceptors (Lipinski definition) is 6. The topological polar surface area (TPSA) is 54.3 Å². The van der Waals surface area contributed by atoms with E-state index in [-0.39, 0.29) is 5.56 Å². The van der Waals surface area contributed by atoms with Gasteiger partial charge in [0, 0.05) is 49.9 Å². The molecule has 1 saturated heterocycles. The molecule has 0 spiro atoms. The Balaban J connectivity index is 1.35. The monoisotopic (exact) mass is 421 g/mol. The smallest absolute Gasteiger partial charge is 0.255 e. The molecule has 2 bridgehead atoms. The average Bonchev–Trinajstić information content (AvgIpc) is 3.24. The number of anilines is 1. The lowest BCUT2D eigenvalue weighted by atomic mass is 9.83. The molecule has 0 amide bonds. The van der Waals surface area contributed by atoms with Crippen LogP contribution in [0.4, 0.5) is 5.82 Å². The Labute approximate surface area is 180 Å². The maximum atomic E-state index is 13.3. The van der Waals surface area contributed by atoms with Crippen molar-refractivity contribution in [2.24, 2.45) is 5.92 Å². The number of hydrogen-bond donors (Lipinski definition) is 0. The highest BCUT2D eigenvalue weighted by atomic mass is 32.1. The predicted octanol–water partition coefficient (Wildman–Crippen LogP) is 3.26. The summed E-state index contributed by atoms with van der Waals surface area (Å²) in [7, 11) is 2.08. The zero-order valence-corrected chi connectivity index (χ0v) is 18.3. The van der Waals surface area contributed by atoms with Crippen LogP contribution in [0.15, 0.2) is 45.9 Å². The minimum atomic E-state index is 0.183. The Morgan fingerprint density at radius 2 is 2.00 bits per heavy atom. The highest BCUT2D eigenvalue weighted by Crippen LogP contribution is 2.36. The molecule has 156 valence electrons. The average molecular weight is 422 g/mol. The Morgan fingerprint density at radius 3 is 2.77 bits per heavy atom. The highest BCUT2D eigenvalue weighted by molar-refractivity contribution is 7.07. The third-order valence-electron chi connectivity index (χ3n) is 6.26. The minimum Gasteiger partial charge on any atom is -0.354 e. The van der Waals surface area contributed by atoms with Gasteiger partial charge < -0.3 is 9.47 Å². The van der Waals surface area contributed by atoms with Crippen molar-refractivity contribution in [1.82, 2.24) is 19.7 Å². The summed E-state index contributed by atoms with van der Waals surface area (Å²) in [6.07, 6.45) is 1.15. The largest absolute Gasteiger partial charge is 0.354 e. The molecule has 3 aromatic heterocycles. The standard InChI is InChI=1S/C23H27N5OS/c1-16-3-6-22(25-24-16)27-11-18-9-20(14-27)21-5-4-19(23(29)28(21)12-18)13-26(2)10-17-7-8-30-15-17/h3-8,15,18,20H,9-14H2,1-2H3/t18-,20+/m0/s1. The van der Waals surface area contributed by atoms with Crippen LogP contribution in [0.3, 0.4) is 0 Å². The summed E-state index contributed by atoms with van der Waals surface area (Å²) in [4.78, 5) is 17.8. The van der Waals surface area contributed by atoms with E-state index in [1.807, 2.05) is 23.6 Å². The normalized spacial score (nSPS) is 20.4. The van der Waals surface area contributed by atoms with Crippen LogP contribution in [-0.4, -0.2) is 39.8 Å². The van der Waals surface area contributed by atoms with Crippen molar-refractivity contribution in [1.29, 1.82) is 0 Å². The van der Waals surface area contributed by atoms with E-state index in [2.05, 4.69) is 56.0 Å². The van der Waals surface area contributed by atoms with Crippen LogP contribution in [0.1, 0.15) is 34.9 Å². The molecule has 0 aromatic carbocycles. The summed E-state index contributed by atoms with van der Waals surface area (Å²) in [6.45, 7) is 6.12. The molecule has 30 heavy (non-hydrogen) atoms. The van der Waals surface area contributed by atoms with Gasteiger partial charge >= 0.3 is 0 Å². The van der Waals surface area contributed by atoms with Gasteiger partial charge in [0.05, 0.1) is 5.69 Å². The minimum absolute atomic E-state index is 0.183. The lowest BCUT2D eigenvalue weighted by molar-refractivity contribution is 0.276. The van der Waals surface area contributed by atoms with Crippen molar-refractivity contribution in [2.75, 3.05) is 25.0 Å². The number of aromatic nitrogens is 3. The van der Waals surface area contributed by atoms with E-state index in [9.17, 15) is 4.79 Å². The summed E-state index contributed by atoms with van der Waals surface area (Å²) >= 11 is 1.71. The molecular formula is C23H27N5OS. The molecule has 5 rings (SSSR count). The third kappa shape index (κ3) is 3.79. The number of piperidine rings is 1. The molecule has 2 aliphatic heterocycles. The number of thiophene rings is 1. The highest BCUT2D eigenvalue weighted by Gasteiger charge is 2.35. The fourth-order valence-corrected chi connectivity index (χ4v) is 5.56. The fourth-order valence-electron chi connectivity index (χ4n) is 4.90. The summed E-state index contributed by atoms with van der Waals surface area (Å²) in [6, 6.07) is 10.4. The van der Waals surface area contributed by atoms with Gasteiger partial charge in [-0.15, -0.1) is 5.10 Å². The Kier molecular flexibility index (Phi) is 5.16. The molecule has 1 fully saturated rings. The summed E-state index contributed by atoms with van der Waals surface area (Å²) in [5.74, 6) is 1.78. The van der Waals surface area contributed by atoms with Crippen LogP contribution in [0.5, 0.6) is 0 Å². The van der Waals surface area contributed by atoms with Crippen LogP contribution >= 0.6 is 11.3 Å². The predicted molar refractivity (Wildman–Crippen MR) is 120 cm³/mol. The Hall–Kier alpha value is -2.51. The van der Waals surface area contributed by atoms with Crippen LogP contribution in [0.2, 0.25) is 0 Å². The van der Waals surface area contributed by atoms with Crippen LogP contribution in [-0.2, 0) is 19.6 Å². The summed E-state index contributed by atoms with van der Waals surface area (Å²) < 4.78 is 2.05. The van der Waals surface area contributed by atoms with Gasteiger partial charge in [-0.3, -0.25) is 9.69 Å². The Morgan fingerprint density at radius 1 is 1.10 bits per heavy atom. The van der Waals surface area contributed by atoms with Crippen molar-refractivity contribution in [3.05, 3.63) is 74.0 Å². The van der Waals surface area contributed by atoms with Crippen LogP contribution < -0.4 is 10.5 Å². The van der Waals surface area contributed by atoms with Crippen LogP contribution in [0.25, 0.3) is 0 Å². The zero-order valence-electron chi connectivity index (χ0n) is 17.5. The van der Waals surface area contributed by atoms with E-state index >= 15 is 0 Å². The summed E-state index contributed by atoms with van der Waals surface area (Å²) in [5, 5.41) is 12.9. The zero-order chi connectivity index (χ0) is 20.7. The third-order valence-corrected chi connectivity index (χ3v) is 7.00. The van der Waals surface area contributed by atoms with E-state index in [0.717, 1.165) is 49.7 Å². The number of pyridine rings is 1. The lowest BCUT2D eigenvalue weighted by Gasteiger charge is -2.43. The van der Waals surface area contributed by atoms with Gasteiger partial charge in [0.15, 0.2) is 5.82 Å². The lowest BCUT2D eigenvalue weighted by Crippen LogP contribution is -2.48. The first-order valence-corrected chi connectivity index (χ1v) is 11.5. The molecule has 3 aromatic rings. The molecule has 2 atom stereocenters. The fraction of sp³-hybridized carbons (Fsp3) is 0.435.